The molecule has 8 heteroatoms. The lowest BCUT2D eigenvalue weighted by atomic mass is 10.3. The summed E-state index contributed by atoms with van der Waals surface area (Å²) in [4.78, 5) is 23.3. The molecule has 0 aromatic heterocycles. The number of halogens is 3. The molecule has 0 fully saturated rings. The number of carbonyl (C=O) groups is 2. The maximum absolute atomic E-state index is 11.7. The van der Waals surface area contributed by atoms with Gasteiger partial charge in [0, 0.05) is 5.02 Å². The predicted octanol–water partition coefficient (Wildman–Crippen LogP) is 3.60. The first-order chi connectivity index (χ1) is 10.3. The third kappa shape index (κ3) is 5.75. The van der Waals surface area contributed by atoms with Gasteiger partial charge in [0.25, 0.3) is 0 Å². The highest BCUT2D eigenvalue weighted by Crippen LogP contribution is 2.27. The fourth-order valence-corrected chi connectivity index (χ4v) is 1.95. The van der Waals surface area contributed by atoms with Crippen LogP contribution in [-0.4, -0.2) is 31.3 Å². The highest BCUT2D eigenvalue weighted by molar-refractivity contribution is 6.35. The van der Waals surface area contributed by atoms with Gasteiger partial charge in [-0.15, -0.1) is 0 Å². The van der Waals surface area contributed by atoms with Gasteiger partial charge in [-0.1, -0.05) is 41.4 Å². The van der Waals surface area contributed by atoms with E-state index in [0.29, 0.717) is 5.02 Å². The maximum Gasteiger partial charge on any atom is 0.353 e. The standard InChI is InChI=1S/C14H13Cl3O5/c1-3-20-14(19)13(8(2)15)22-12(18)7-21-11-5-4-9(16)6-10(11)17/h4-6,13H,2-3,7H2,1H3. The van der Waals surface area contributed by atoms with E-state index in [9.17, 15) is 9.59 Å². The Morgan fingerprint density at radius 3 is 2.55 bits per heavy atom. The van der Waals surface area contributed by atoms with Crippen molar-refractivity contribution in [2.24, 2.45) is 0 Å². The lowest BCUT2D eigenvalue weighted by molar-refractivity contribution is -0.165. The van der Waals surface area contributed by atoms with Crippen LogP contribution in [0.5, 0.6) is 5.75 Å². The normalized spacial score (nSPS) is 11.5. The van der Waals surface area contributed by atoms with Crippen molar-refractivity contribution in [2.45, 2.75) is 13.0 Å². The summed E-state index contributed by atoms with van der Waals surface area (Å²) < 4.78 is 14.8. The van der Waals surface area contributed by atoms with Crippen molar-refractivity contribution in [1.29, 1.82) is 0 Å². The Kier molecular flexibility index (Phi) is 7.51. The minimum Gasteiger partial charge on any atom is -0.480 e. The van der Waals surface area contributed by atoms with Crippen LogP contribution in [0.1, 0.15) is 6.92 Å². The molecule has 120 valence electrons. The van der Waals surface area contributed by atoms with Crippen LogP contribution < -0.4 is 4.74 Å². The Morgan fingerprint density at radius 2 is 2.00 bits per heavy atom. The van der Waals surface area contributed by atoms with E-state index >= 15 is 0 Å². The average molecular weight is 368 g/mol. The molecule has 0 radical (unpaired) electrons. The number of hydrogen-bond donors (Lipinski definition) is 0. The van der Waals surface area contributed by atoms with E-state index in [0.717, 1.165) is 0 Å². The van der Waals surface area contributed by atoms with Crippen molar-refractivity contribution in [1.82, 2.24) is 0 Å². The first kappa shape index (κ1) is 18.6. The molecule has 0 saturated carbocycles. The molecule has 5 nitrogen and oxygen atoms in total. The Balaban J connectivity index is 2.60. The second-order valence-corrected chi connectivity index (χ2v) is 5.26. The molecule has 0 bridgehead atoms. The lowest BCUT2D eigenvalue weighted by Gasteiger charge is -2.15. The van der Waals surface area contributed by atoms with E-state index < -0.39 is 24.6 Å². The highest BCUT2D eigenvalue weighted by Gasteiger charge is 2.26. The molecule has 1 unspecified atom stereocenters. The predicted molar refractivity (Wildman–Crippen MR) is 83.5 cm³/mol. The molecule has 0 aliphatic rings. The van der Waals surface area contributed by atoms with Crippen molar-refractivity contribution < 1.29 is 23.8 Å². The van der Waals surface area contributed by atoms with Gasteiger partial charge >= 0.3 is 11.9 Å². The zero-order valence-corrected chi connectivity index (χ0v) is 13.9. The van der Waals surface area contributed by atoms with Gasteiger partial charge in [0.2, 0.25) is 6.10 Å². The molecule has 1 atom stereocenters. The summed E-state index contributed by atoms with van der Waals surface area (Å²) in [6.45, 7) is 4.62. The van der Waals surface area contributed by atoms with Gasteiger partial charge in [0.05, 0.1) is 16.7 Å². The second kappa shape index (κ2) is 8.88. The molecule has 0 spiro atoms. The summed E-state index contributed by atoms with van der Waals surface area (Å²) in [5.74, 6) is -1.38. The number of hydrogen-bond acceptors (Lipinski definition) is 5. The summed E-state index contributed by atoms with van der Waals surface area (Å²) in [6.07, 6.45) is -1.39. The molecule has 1 rings (SSSR count). The SMILES string of the molecule is C=C(Cl)C(OC(=O)COc1ccc(Cl)cc1Cl)C(=O)OCC. The van der Waals surface area contributed by atoms with Crippen LogP contribution in [0.4, 0.5) is 0 Å². The zero-order chi connectivity index (χ0) is 16.7. The van der Waals surface area contributed by atoms with Crippen molar-refractivity contribution in [3.63, 3.8) is 0 Å². The number of benzene rings is 1. The Labute approximate surface area is 142 Å². The fraction of sp³-hybridized carbons (Fsp3) is 0.286. The summed E-state index contributed by atoms with van der Waals surface area (Å²) in [6, 6.07) is 4.52. The number of ether oxygens (including phenoxy) is 3. The zero-order valence-electron chi connectivity index (χ0n) is 11.6. The molecule has 1 aromatic rings. The second-order valence-electron chi connectivity index (χ2n) is 3.93. The molecule has 0 aliphatic carbocycles. The Morgan fingerprint density at radius 1 is 1.32 bits per heavy atom. The van der Waals surface area contributed by atoms with Crippen LogP contribution in [0.3, 0.4) is 0 Å². The van der Waals surface area contributed by atoms with Crippen LogP contribution in [0, 0.1) is 0 Å². The number of carbonyl (C=O) groups excluding carboxylic acids is 2. The third-order valence-electron chi connectivity index (χ3n) is 2.27. The van der Waals surface area contributed by atoms with Gasteiger partial charge in [-0.25, -0.2) is 9.59 Å². The summed E-state index contributed by atoms with van der Waals surface area (Å²) in [7, 11) is 0. The molecule has 1 aromatic carbocycles. The van der Waals surface area contributed by atoms with Gasteiger partial charge < -0.3 is 14.2 Å². The van der Waals surface area contributed by atoms with Gasteiger partial charge in [-0.2, -0.15) is 0 Å². The van der Waals surface area contributed by atoms with E-state index in [1.165, 1.54) is 12.1 Å². The van der Waals surface area contributed by atoms with Crippen LogP contribution in [0.25, 0.3) is 0 Å². The minimum atomic E-state index is -1.39. The Hall–Kier alpha value is -1.43. The maximum atomic E-state index is 11.7. The van der Waals surface area contributed by atoms with Crippen molar-refractivity contribution in [3.05, 3.63) is 39.9 Å². The van der Waals surface area contributed by atoms with E-state index in [4.69, 9.17) is 49.0 Å². The summed E-state index contributed by atoms with van der Waals surface area (Å²) >= 11 is 17.3. The first-order valence-electron chi connectivity index (χ1n) is 6.13. The molecule has 0 amide bonds. The number of esters is 2. The Bertz CT molecular complexity index is 574. The monoisotopic (exact) mass is 366 g/mol. The molecule has 22 heavy (non-hydrogen) atoms. The fourth-order valence-electron chi connectivity index (χ4n) is 1.35. The summed E-state index contributed by atoms with van der Waals surface area (Å²) in [5, 5.41) is 0.501. The third-order valence-corrected chi connectivity index (χ3v) is 3.00. The molecule has 0 heterocycles. The van der Waals surface area contributed by atoms with Crippen LogP contribution in [0.15, 0.2) is 29.8 Å². The smallest absolute Gasteiger partial charge is 0.353 e. The number of rotatable bonds is 7. The van der Waals surface area contributed by atoms with Crippen molar-refractivity contribution in [2.75, 3.05) is 13.2 Å². The summed E-state index contributed by atoms with van der Waals surface area (Å²) in [5.41, 5.74) is 0. The van der Waals surface area contributed by atoms with E-state index in [2.05, 4.69) is 6.58 Å². The van der Waals surface area contributed by atoms with Crippen LogP contribution >= 0.6 is 34.8 Å². The molecular formula is C14H13Cl3O5. The largest absolute Gasteiger partial charge is 0.480 e. The molecule has 0 N–H and O–H groups in total. The van der Waals surface area contributed by atoms with Gasteiger partial charge in [0.15, 0.2) is 6.61 Å². The molecular weight excluding hydrogens is 355 g/mol. The molecule has 0 aliphatic heterocycles. The quantitative estimate of drug-likeness (QED) is 0.689. The molecule has 0 saturated heterocycles. The van der Waals surface area contributed by atoms with Gasteiger partial charge in [0.1, 0.15) is 5.75 Å². The highest BCUT2D eigenvalue weighted by atomic mass is 35.5. The van der Waals surface area contributed by atoms with Crippen LogP contribution in [-0.2, 0) is 19.1 Å². The van der Waals surface area contributed by atoms with Crippen molar-refractivity contribution >= 4 is 46.7 Å². The first-order valence-corrected chi connectivity index (χ1v) is 7.26. The van der Waals surface area contributed by atoms with E-state index in [-0.39, 0.29) is 22.4 Å². The van der Waals surface area contributed by atoms with Gasteiger partial charge in [-0.3, -0.25) is 0 Å². The van der Waals surface area contributed by atoms with E-state index in [1.54, 1.807) is 13.0 Å². The lowest BCUT2D eigenvalue weighted by Crippen LogP contribution is -2.31. The van der Waals surface area contributed by atoms with Gasteiger partial charge in [-0.05, 0) is 25.1 Å². The van der Waals surface area contributed by atoms with Crippen LogP contribution in [0.2, 0.25) is 10.0 Å². The van der Waals surface area contributed by atoms with Crippen molar-refractivity contribution in [3.8, 4) is 5.75 Å². The van der Waals surface area contributed by atoms with E-state index in [1.807, 2.05) is 0 Å². The minimum absolute atomic E-state index is 0.119. The average Bonchev–Trinajstić information content (AvgIpc) is 2.43. The topological polar surface area (TPSA) is 61.8 Å².